The van der Waals surface area contributed by atoms with Crippen LogP contribution in [0.2, 0.25) is 0 Å². The molecule has 0 atom stereocenters. The fourth-order valence-corrected chi connectivity index (χ4v) is 3.02. The first-order valence-corrected chi connectivity index (χ1v) is 9.23. The molecule has 0 spiro atoms. The van der Waals surface area contributed by atoms with Gasteiger partial charge in [-0.05, 0) is 29.0 Å². The van der Waals surface area contributed by atoms with E-state index in [0.717, 1.165) is 17.3 Å². The standard InChI is InChI=1S/C22H27N3O/c1-5-14-23-21(26)20-18-8-6-7-9-19(18)25(24-20)15-16-10-12-17(13-11-16)22(2,3)4/h6-13H,5,14-15H2,1-4H3,(H,23,26). The Morgan fingerprint density at radius 3 is 2.42 bits per heavy atom. The molecule has 0 saturated carbocycles. The van der Waals surface area contributed by atoms with Gasteiger partial charge in [-0.15, -0.1) is 0 Å². The summed E-state index contributed by atoms with van der Waals surface area (Å²) < 4.78 is 1.92. The number of nitrogens with zero attached hydrogens (tertiary/aromatic N) is 2. The molecule has 1 N–H and O–H groups in total. The number of nitrogens with one attached hydrogen (secondary N) is 1. The van der Waals surface area contributed by atoms with E-state index >= 15 is 0 Å². The van der Waals surface area contributed by atoms with Crippen LogP contribution in [0.4, 0.5) is 0 Å². The second-order valence-electron chi connectivity index (χ2n) is 7.73. The predicted octanol–water partition coefficient (Wildman–Crippen LogP) is 4.52. The summed E-state index contributed by atoms with van der Waals surface area (Å²) in [7, 11) is 0. The molecule has 0 saturated heterocycles. The van der Waals surface area contributed by atoms with E-state index in [1.807, 2.05) is 35.9 Å². The Labute approximate surface area is 155 Å². The Morgan fingerprint density at radius 1 is 1.08 bits per heavy atom. The van der Waals surface area contributed by atoms with Gasteiger partial charge in [0.25, 0.3) is 5.91 Å². The number of hydrogen-bond donors (Lipinski definition) is 1. The van der Waals surface area contributed by atoms with Gasteiger partial charge in [-0.25, -0.2) is 0 Å². The number of amides is 1. The van der Waals surface area contributed by atoms with Crippen molar-refractivity contribution in [3.63, 3.8) is 0 Å². The van der Waals surface area contributed by atoms with Gasteiger partial charge in [0.15, 0.2) is 5.69 Å². The number of para-hydroxylation sites is 1. The third kappa shape index (κ3) is 3.79. The van der Waals surface area contributed by atoms with E-state index in [2.05, 4.69) is 55.5 Å². The number of hydrogen-bond acceptors (Lipinski definition) is 2. The Morgan fingerprint density at radius 2 is 1.77 bits per heavy atom. The van der Waals surface area contributed by atoms with Gasteiger partial charge in [0.05, 0.1) is 12.1 Å². The Hall–Kier alpha value is -2.62. The topological polar surface area (TPSA) is 46.9 Å². The van der Waals surface area contributed by atoms with Crippen molar-refractivity contribution in [2.75, 3.05) is 6.54 Å². The van der Waals surface area contributed by atoms with Crippen LogP contribution in [0.5, 0.6) is 0 Å². The molecule has 2 aromatic carbocycles. The van der Waals surface area contributed by atoms with Crippen LogP contribution in [-0.4, -0.2) is 22.2 Å². The van der Waals surface area contributed by atoms with Gasteiger partial charge in [-0.3, -0.25) is 9.48 Å². The minimum Gasteiger partial charge on any atom is -0.351 e. The number of carbonyl (C=O) groups is 1. The van der Waals surface area contributed by atoms with Crippen molar-refractivity contribution >= 4 is 16.8 Å². The van der Waals surface area contributed by atoms with Crippen molar-refractivity contribution in [3.8, 4) is 0 Å². The molecule has 0 radical (unpaired) electrons. The van der Waals surface area contributed by atoms with E-state index in [1.165, 1.54) is 11.1 Å². The normalized spacial score (nSPS) is 11.7. The number of fused-ring (bicyclic) bond motifs is 1. The maximum Gasteiger partial charge on any atom is 0.272 e. The van der Waals surface area contributed by atoms with E-state index in [1.54, 1.807) is 0 Å². The lowest BCUT2D eigenvalue weighted by atomic mass is 9.87. The third-order valence-corrected chi connectivity index (χ3v) is 4.56. The van der Waals surface area contributed by atoms with E-state index in [-0.39, 0.29) is 11.3 Å². The first-order valence-electron chi connectivity index (χ1n) is 9.23. The zero-order valence-electron chi connectivity index (χ0n) is 16.0. The van der Waals surface area contributed by atoms with Gasteiger partial charge >= 0.3 is 0 Å². The average Bonchev–Trinajstić information content (AvgIpc) is 2.98. The molecule has 4 nitrogen and oxygen atoms in total. The van der Waals surface area contributed by atoms with E-state index in [4.69, 9.17) is 0 Å². The molecule has 0 fully saturated rings. The van der Waals surface area contributed by atoms with Crippen LogP contribution in [-0.2, 0) is 12.0 Å². The van der Waals surface area contributed by atoms with Crippen molar-refractivity contribution in [2.24, 2.45) is 0 Å². The highest BCUT2D eigenvalue weighted by Crippen LogP contribution is 2.23. The second-order valence-corrected chi connectivity index (χ2v) is 7.73. The maximum atomic E-state index is 12.5. The molecule has 0 aliphatic rings. The number of carbonyl (C=O) groups excluding carboxylic acids is 1. The number of aromatic nitrogens is 2. The summed E-state index contributed by atoms with van der Waals surface area (Å²) in [6, 6.07) is 16.6. The van der Waals surface area contributed by atoms with E-state index in [9.17, 15) is 4.79 Å². The van der Waals surface area contributed by atoms with E-state index in [0.29, 0.717) is 18.8 Å². The molecule has 26 heavy (non-hydrogen) atoms. The minimum atomic E-state index is -0.107. The number of rotatable bonds is 5. The molecular weight excluding hydrogens is 322 g/mol. The molecule has 3 rings (SSSR count). The van der Waals surface area contributed by atoms with E-state index < -0.39 is 0 Å². The lowest BCUT2D eigenvalue weighted by Crippen LogP contribution is -2.24. The molecule has 1 amide bonds. The van der Waals surface area contributed by atoms with Crippen LogP contribution in [0.15, 0.2) is 48.5 Å². The summed E-state index contributed by atoms with van der Waals surface area (Å²) >= 11 is 0. The monoisotopic (exact) mass is 349 g/mol. The van der Waals surface area contributed by atoms with Crippen LogP contribution < -0.4 is 5.32 Å². The third-order valence-electron chi connectivity index (χ3n) is 4.56. The van der Waals surface area contributed by atoms with Gasteiger partial charge < -0.3 is 5.32 Å². The molecule has 1 aromatic heterocycles. The highest BCUT2D eigenvalue weighted by molar-refractivity contribution is 6.04. The maximum absolute atomic E-state index is 12.5. The lowest BCUT2D eigenvalue weighted by Gasteiger charge is -2.19. The zero-order valence-corrected chi connectivity index (χ0v) is 16.0. The summed E-state index contributed by atoms with van der Waals surface area (Å²) in [6.07, 6.45) is 0.907. The molecule has 0 aliphatic heterocycles. The van der Waals surface area contributed by atoms with Crippen LogP contribution in [0.1, 0.15) is 55.7 Å². The summed E-state index contributed by atoms with van der Waals surface area (Å²) in [6.45, 7) is 9.98. The lowest BCUT2D eigenvalue weighted by molar-refractivity contribution is 0.0949. The Kier molecular flexibility index (Phi) is 5.12. The highest BCUT2D eigenvalue weighted by atomic mass is 16.1. The minimum absolute atomic E-state index is 0.107. The first kappa shape index (κ1) is 18.2. The average molecular weight is 349 g/mol. The summed E-state index contributed by atoms with van der Waals surface area (Å²) in [5.74, 6) is -0.107. The molecule has 136 valence electrons. The molecule has 1 heterocycles. The summed E-state index contributed by atoms with van der Waals surface area (Å²) in [5, 5.41) is 8.44. The van der Waals surface area contributed by atoms with Crippen LogP contribution in [0.25, 0.3) is 10.9 Å². The second kappa shape index (κ2) is 7.32. The van der Waals surface area contributed by atoms with Crippen molar-refractivity contribution in [1.82, 2.24) is 15.1 Å². The zero-order chi connectivity index (χ0) is 18.7. The van der Waals surface area contributed by atoms with Crippen LogP contribution in [0, 0.1) is 0 Å². The van der Waals surface area contributed by atoms with Gasteiger partial charge in [-0.1, -0.05) is 70.2 Å². The SMILES string of the molecule is CCCNC(=O)c1nn(Cc2ccc(C(C)(C)C)cc2)c2ccccc12. The first-order chi connectivity index (χ1) is 12.4. The molecular formula is C22H27N3O. The van der Waals surface area contributed by atoms with Gasteiger partial charge in [0.1, 0.15) is 0 Å². The quantitative estimate of drug-likeness (QED) is 0.736. The molecule has 0 aliphatic carbocycles. The fraction of sp³-hybridized carbons (Fsp3) is 0.364. The van der Waals surface area contributed by atoms with Gasteiger partial charge in [0, 0.05) is 11.9 Å². The molecule has 3 aromatic rings. The fourth-order valence-electron chi connectivity index (χ4n) is 3.02. The van der Waals surface area contributed by atoms with Crippen molar-refractivity contribution in [1.29, 1.82) is 0 Å². The van der Waals surface area contributed by atoms with Crippen LogP contribution >= 0.6 is 0 Å². The van der Waals surface area contributed by atoms with Crippen molar-refractivity contribution in [3.05, 3.63) is 65.4 Å². The molecule has 4 heteroatoms. The Balaban J connectivity index is 1.92. The van der Waals surface area contributed by atoms with Crippen molar-refractivity contribution in [2.45, 2.75) is 46.1 Å². The molecule has 0 unspecified atom stereocenters. The predicted molar refractivity (Wildman–Crippen MR) is 107 cm³/mol. The van der Waals surface area contributed by atoms with Gasteiger partial charge in [-0.2, -0.15) is 5.10 Å². The van der Waals surface area contributed by atoms with Gasteiger partial charge in [0.2, 0.25) is 0 Å². The Bertz CT molecular complexity index is 901. The summed E-state index contributed by atoms with van der Waals surface area (Å²) in [5.41, 5.74) is 4.11. The smallest absolute Gasteiger partial charge is 0.272 e. The number of benzene rings is 2. The summed E-state index contributed by atoms with van der Waals surface area (Å²) in [4.78, 5) is 12.5. The highest BCUT2D eigenvalue weighted by Gasteiger charge is 2.17. The van der Waals surface area contributed by atoms with Crippen molar-refractivity contribution < 1.29 is 4.79 Å². The molecule has 0 bridgehead atoms. The van der Waals surface area contributed by atoms with Crippen LogP contribution in [0.3, 0.4) is 0 Å². The largest absolute Gasteiger partial charge is 0.351 e.